The standard InChI is InChI=1S/C15H14BrNO3S/c1-10(18)11-3-6-14(7-4-11)21-9-12-2-5-13(17(19)20)8-15(12)16/h2-8,10,18H,9H2,1H3. The van der Waals surface area contributed by atoms with Gasteiger partial charge in [-0.1, -0.05) is 34.1 Å². The van der Waals surface area contributed by atoms with Gasteiger partial charge in [-0.05, 0) is 30.2 Å². The van der Waals surface area contributed by atoms with Crippen LogP contribution < -0.4 is 0 Å². The number of halogens is 1. The van der Waals surface area contributed by atoms with Gasteiger partial charge in [0.1, 0.15) is 0 Å². The molecule has 0 fully saturated rings. The fourth-order valence-corrected chi connectivity index (χ4v) is 3.37. The molecule has 0 aliphatic carbocycles. The molecule has 1 atom stereocenters. The highest BCUT2D eigenvalue weighted by Crippen LogP contribution is 2.30. The van der Waals surface area contributed by atoms with Gasteiger partial charge in [-0.2, -0.15) is 0 Å². The lowest BCUT2D eigenvalue weighted by molar-refractivity contribution is -0.384. The molecular weight excluding hydrogens is 354 g/mol. The zero-order valence-corrected chi connectivity index (χ0v) is 13.7. The van der Waals surface area contributed by atoms with Gasteiger partial charge in [-0.3, -0.25) is 10.1 Å². The van der Waals surface area contributed by atoms with E-state index in [-0.39, 0.29) is 5.69 Å². The Morgan fingerprint density at radius 3 is 2.48 bits per heavy atom. The molecule has 0 saturated heterocycles. The average Bonchev–Trinajstić information content (AvgIpc) is 2.46. The summed E-state index contributed by atoms with van der Waals surface area (Å²) in [5.41, 5.74) is 1.97. The van der Waals surface area contributed by atoms with Gasteiger partial charge in [0.05, 0.1) is 11.0 Å². The van der Waals surface area contributed by atoms with Gasteiger partial charge in [-0.25, -0.2) is 0 Å². The number of benzene rings is 2. The Bertz CT molecular complexity index is 644. The van der Waals surface area contributed by atoms with Gasteiger partial charge < -0.3 is 5.11 Å². The summed E-state index contributed by atoms with van der Waals surface area (Å²) in [7, 11) is 0. The van der Waals surface area contributed by atoms with E-state index in [1.165, 1.54) is 12.1 Å². The zero-order valence-electron chi connectivity index (χ0n) is 11.3. The van der Waals surface area contributed by atoms with Crippen LogP contribution in [-0.2, 0) is 5.75 Å². The van der Waals surface area contributed by atoms with E-state index in [1.54, 1.807) is 24.8 Å². The molecular formula is C15H14BrNO3S. The van der Waals surface area contributed by atoms with E-state index in [4.69, 9.17) is 0 Å². The van der Waals surface area contributed by atoms with Crippen LogP contribution in [-0.4, -0.2) is 10.0 Å². The number of hydrogen-bond donors (Lipinski definition) is 1. The first kappa shape index (κ1) is 16.0. The molecule has 0 aromatic heterocycles. The van der Waals surface area contributed by atoms with Crippen LogP contribution >= 0.6 is 27.7 Å². The molecule has 4 nitrogen and oxygen atoms in total. The highest BCUT2D eigenvalue weighted by atomic mass is 79.9. The van der Waals surface area contributed by atoms with E-state index in [2.05, 4.69) is 15.9 Å². The third kappa shape index (κ3) is 4.30. The minimum Gasteiger partial charge on any atom is -0.389 e. The minimum absolute atomic E-state index is 0.0805. The van der Waals surface area contributed by atoms with Crippen molar-refractivity contribution in [3.05, 3.63) is 68.2 Å². The SMILES string of the molecule is CC(O)c1ccc(SCc2ccc([N+](=O)[O-])cc2Br)cc1. The van der Waals surface area contributed by atoms with E-state index in [0.717, 1.165) is 20.5 Å². The smallest absolute Gasteiger partial charge is 0.270 e. The third-order valence-electron chi connectivity index (χ3n) is 3.00. The summed E-state index contributed by atoms with van der Waals surface area (Å²) in [6.07, 6.45) is -0.465. The molecule has 0 aliphatic heterocycles. The molecule has 0 bridgehead atoms. The van der Waals surface area contributed by atoms with Crippen molar-refractivity contribution in [2.75, 3.05) is 0 Å². The number of rotatable bonds is 5. The first-order chi connectivity index (χ1) is 9.97. The zero-order chi connectivity index (χ0) is 15.4. The van der Waals surface area contributed by atoms with Crippen molar-refractivity contribution in [3.8, 4) is 0 Å². The Labute approximate surface area is 135 Å². The van der Waals surface area contributed by atoms with Gasteiger partial charge >= 0.3 is 0 Å². The molecule has 1 N–H and O–H groups in total. The molecule has 2 rings (SSSR count). The predicted molar refractivity (Wildman–Crippen MR) is 87.4 cm³/mol. The van der Waals surface area contributed by atoms with Gasteiger partial charge in [0.15, 0.2) is 0 Å². The molecule has 2 aromatic rings. The molecule has 2 aromatic carbocycles. The minimum atomic E-state index is -0.465. The van der Waals surface area contributed by atoms with Gasteiger partial charge in [0.25, 0.3) is 5.69 Å². The van der Waals surface area contributed by atoms with Gasteiger partial charge in [-0.15, -0.1) is 11.8 Å². The maximum Gasteiger partial charge on any atom is 0.270 e. The number of nitrogens with zero attached hydrogens (tertiary/aromatic N) is 1. The monoisotopic (exact) mass is 367 g/mol. The summed E-state index contributed by atoms with van der Waals surface area (Å²) in [4.78, 5) is 11.4. The quantitative estimate of drug-likeness (QED) is 0.472. The fourth-order valence-electron chi connectivity index (χ4n) is 1.77. The van der Waals surface area contributed by atoms with E-state index in [1.807, 2.05) is 24.3 Å². The summed E-state index contributed by atoms with van der Waals surface area (Å²) in [6.45, 7) is 1.73. The van der Waals surface area contributed by atoms with Gasteiger partial charge in [0, 0.05) is 27.3 Å². The van der Waals surface area contributed by atoms with Crippen LogP contribution in [0.4, 0.5) is 5.69 Å². The van der Waals surface area contributed by atoms with E-state index in [0.29, 0.717) is 5.75 Å². The molecule has 6 heteroatoms. The lowest BCUT2D eigenvalue weighted by atomic mass is 10.1. The van der Waals surface area contributed by atoms with Gasteiger partial charge in [0.2, 0.25) is 0 Å². The lowest BCUT2D eigenvalue weighted by Gasteiger charge is -2.07. The summed E-state index contributed by atoms with van der Waals surface area (Å²) in [5, 5.41) is 20.2. The summed E-state index contributed by atoms with van der Waals surface area (Å²) < 4.78 is 0.741. The molecule has 1 unspecified atom stereocenters. The van der Waals surface area contributed by atoms with Crippen molar-refractivity contribution in [2.24, 2.45) is 0 Å². The van der Waals surface area contributed by atoms with E-state index < -0.39 is 11.0 Å². The Balaban J connectivity index is 2.04. The van der Waals surface area contributed by atoms with E-state index in [9.17, 15) is 15.2 Å². The largest absolute Gasteiger partial charge is 0.389 e. The topological polar surface area (TPSA) is 63.4 Å². The first-order valence-corrected chi connectivity index (χ1v) is 8.09. The Kier molecular flexibility index (Phi) is 5.39. The molecule has 0 aliphatic rings. The number of thioether (sulfide) groups is 1. The number of nitro groups is 1. The van der Waals surface area contributed by atoms with Crippen molar-refractivity contribution in [3.63, 3.8) is 0 Å². The maximum absolute atomic E-state index is 10.7. The van der Waals surface area contributed by atoms with Crippen LogP contribution in [0, 0.1) is 10.1 Å². The molecule has 21 heavy (non-hydrogen) atoms. The molecule has 0 radical (unpaired) electrons. The van der Waals surface area contributed by atoms with E-state index >= 15 is 0 Å². The second-order valence-electron chi connectivity index (χ2n) is 4.57. The number of nitro benzene ring substituents is 1. The second kappa shape index (κ2) is 7.06. The molecule has 110 valence electrons. The molecule has 0 spiro atoms. The normalized spacial score (nSPS) is 12.1. The molecule has 0 saturated carbocycles. The summed E-state index contributed by atoms with van der Waals surface area (Å²) in [5.74, 6) is 0.715. The third-order valence-corrected chi connectivity index (χ3v) is 4.80. The highest BCUT2D eigenvalue weighted by molar-refractivity contribution is 9.10. The highest BCUT2D eigenvalue weighted by Gasteiger charge is 2.09. The van der Waals surface area contributed by atoms with Crippen LogP contribution in [0.5, 0.6) is 0 Å². The van der Waals surface area contributed by atoms with Crippen LogP contribution in [0.25, 0.3) is 0 Å². The Morgan fingerprint density at radius 2 is 1.95 bits per heavy atom. The van der Waals surface area contributed by atoms with Crippen molar-refractivity contribution in [1.29, 1.82) is 0 Å². The van der Waals surface area contributed by atoms with Crippen molar-refractivity contribution in [2.45, 2.75) is 23.7 Å². The number of hydrogen-bond acceptors (Lipinski definition) is 4. The van der Waals surface area contributed by atoms with Crippen molar-refractivity contribution in [1.82, 2.24) is 0 Å². The van der Waals surface area contributed by atoms with Crippen molar-refractivity contribution >= 4 is 33.4 Å². The second-order valence-corrected chi connectivity index (χ2v) is 6.47. The Morgan fingerprint density at radius 1 is 1.29 bits per heavy atom. The van der Waals surface area contributed by atoms with Crippen LogP contribution in [0.15, 0.2) is 51.8 Å². The summed E-state index contributed by atoms with van der Waals surface area (Å²) in [6, 6.07) is 12.5. The maximum atomic E-state index is 10.7. The lowest BCUT2D eigenvalue weighted by Crippen LogP contribution is -1.91. The fraction of sp³-hybridized carbons (Fsp3) is 0.200. The number of aliphatic hydroxyl groups is 1. The van der Waals surface area contributed by atoms with Crippen LogP contribution in [0.3, 0.4) is 0 Å². The molecule has 0 amide bonds. The number of non-ortho nitro benzene ring substituents is 1. The summed E-state index contributed by atoms with van der Waals surface area (Å²) >= 11 is 5.01. The first-order valence-electron chi connectivity index (χ1n) is 6.31. The predicted octanol–water partition coefficient (Wildman–Crippen LogP) is 4.70. The van der Waals surface area contributed by atoms with Crippen LogP contribution in [0.2, 0.25) is 0 Å². The van der Waals surface area contributed by atoms with Crippen molar-refractivity contribution < 1.29 is 10.0 Å². The Hall–Kier alpha value is -1.37. The molecule has 0 heterocycles. The number of aliphatic hydroxyl groups excluding tert-OH is 1. The van der Waals surface area contributed by atoms with Crippen LogP contribution in [0.1, 0.15) is 24.2 Å². The average molecular weight is 368 g/mol.